The van der Waals surface area contributed by atoms with Gasteiger partial charge in [0.1, 0.15) is 11.3 Å². The molecule has 0 saturated carbocycles. The second-order valence-corrected chi connectivity index (χ2v) is 7.19. The maximum Gasteiger partial charge on any atom is 0.335 e. The van der Waals surface area contributed by atoms with Crippen LogP contribution in [0.25, 0.3) is 33.2 Å². The third-order valence-corrected chi connectivity index (χ3v) is 5.16. The SMILES string of the molecule is CNc1ncc2c(-c3cccc(Cl)c3)cc(-c3ccc(C(=O)O)cc3O)c(OC)c2n1. The van der Waals surface area contributed by atoms with Crippen molar-refractivity contribution < 1.29 is 19.7 Å². The second kappa shape index (κ2) is 8.12. The van der Waals surface area contributed by atoms with Crippen LogP contribution in [0.5, 0.6) is 11.5 Å². The highest BCUT2D eigenvalue weighted by atomic mass is 35.5. The number of hydrogen-bond acceptors (Lipinski definition) is 6. The number of aromatic carboxylic acids is 1. The molecule has 3 aromatic carbocycles. The van der Waals surface area contributed by atoms with Crippen molar-refractivity contribution in [3.63, 3.8) is 0 Å². The molecule has 0 aliphatic rings. The number of nitrogens with one attached hydrogen (secondary N) is 1. The Morgan fingerprint density at radius 1 is 1.10 bits per heavy atom. The molecule has 1 aromatic heterocycles. The predicted molar refractivity (Wildman–Crippen MR) is 120 cm³/mol. The van der Waals surface area contributed by atoms with Crippen LogP contribution in [-0.2, 0) is 0 Å². The molecule has 0 spiro atoms. The molecule has 0 fully saturated rings. The zero-order chi connectivity index (χ0) is 22.1. The van der Waals surface area contributed by atoms with Gasteiger partial charge in [-0.3, -0.25) is 0 Å². The molecule has 0 aliphatic carbocycles. The number of hydrogen-bond donors (Lipinski definition) is 3. The van der Waals surface area contributed by atoms with E-state index >= 15 is 0 Å². The number of benzene rings is 3. The quantitative estimate of drug-likeness (QED) is 0.402. The average Bonchev–Trinajstić information content (AvgIpc) is 2.77. The number of aromatic nitrogens is 2. The van der Waals surface area contributed by atoms with Crippen LogP contribution in [0.15, 0.2) is 54.7 Å². The Balaban J connectivity index is 2.09. The van der Waals surface area contributed by atoms with Crippen molar-refractivity contribution in [3.8, 4) is 33.8 Å². The number of ether oxygens (including phenoxy) is 1. The Bertz CT molecular complexity index is 1320. The Labute approximate surface area is 182 Å². The number of phenols is 1. The Morgan fingerprint density at radius 2 is 1.90 bits per heavy atom. The molecule has 31 heavy (non-hydrogen) atoms. The molecule has 0 radical (unpaired) electrons. The maximum atomic E-state index is 11.3. The number of anilines is 1. The first-order chi connectivity index (χ1) is 14.9. The molecular weight excluding hydrogens is 418 g/mol. The highest BCUT2D eigenvalue weighted by Crippen LogP contribution is 2.44. The van der Waals surface area contributed by atoms with Gasteiger partial charge in [-0.2, -0.15) is 0 Å². The first-order valence-electron chi connectivity index (χ1n) is 9.31. The molecule has 0 atom stereocenters. The van der Waals surface area contributed by atoms with E-state index in [1.165, 1.54) is 19.2 Å². The van der Waals surface area contributed by atoms with Crippen molar-refractivity contribution in [2.45, 2.75) is 0 Å². The van der Waals surface area contributed by atoms with Crippen molar-refractivity contribution in [1.29, 1.82) is 0 Å². The van der Waals surface area contributed by atoms with E-state index in [1.54, 1.807) is 25.4 Å². The molecule has 0 saturated heterocycles. The van der Waals surface area contributed by atoms with E-state index in [0.29, 0.717) is 33.4 Å². The Morgan fingerprint density at radius 3 is 2.55 bits per heavy atom. The maximum absolute atomic E-state index is 11.3. The number of methoxy groups -OCH3 is 1. The number of aromatic hydroxyl groups is 1. The lowest BCUT2D eigenvalue weighted by Crippen LogP contribution is -2.00. The summed E-state index contributed by atoms with van der Waals surface area (Å²) in [6, 6.07) is 13.4. The summed E-state index contributed by atoms with van der Waals surface area (Å²) < 4.78 is 5.69. The van der Waals surface area contributed by atoms with Crippen molar-refractivity contribution >= 4 is 34.4 Å². The largest absolute Gasteiger partial charge is 0.507 e. The fraction of sp³-hybridized carbons (Fsp3) is 0.0870. The first-order valence-corrected chi connectivity index (χ1v) is 9.69. The Kier molecular flexibility index (Phi) is 5.35. The van der Waals surface area contributed by atoms with Gasteiger partial charge in [-0.05, 0) is 47.5 Å². The number of carboxylic acids is 1. The van der Waals surface area contributed by atoms with E-state index in [2.05, 4.69) is 15.3 Å². The highest BCUT2D eigenvalue weighted by molar-refractivity contribution is 6.31. The van der Waals surface area contributed by atoms with E-state index in [1.807, 2.05) is 24.3 Å². The topological polar surface area (TPSA) is 105 Å². The zero-order valence-corrected chi connectivity index (χ0v) is 17.4. The van der Waals surface area contributed by atoms with Crippen molar-refractivity contribution in [2.24, 2.45) is 0 Å². The fourth-order valence-corrected chi connectivity index (χ4v) is 3.67. The van der Waals surface area contributed by atoms with Crippen LogP contribution in [0.3, 0.4) is 0 Å². The predicted octanol–water partition coefficient (Wildman–Crippen LogP) is 5.07. The van der Waals surface area contributed by atoms with E-state index in [0.717, 1.165) is 16.5 Å². The van der Waals surface area contributed by atoms with Gasteiger partial charge in [0.2, 0.25) is 5.95 Å². The van der Waals surface area contributed by atoms with Crippen LogP contribution in [0, 0.1) is 0 Å². The molecule has 7 nitrogen and oxygen atoms in total. The number of carbonyl (C=O) groups is 1. The molecule has 3 N–H and O–H groups in total. The van der Waals surface area contributed by atoms with E-state index in [4.69, 9.17) is 16.3 Å². The van der Waals surface area contributed by atoms with Crippen LogP contribution in [-0.4, -0.2) is 40.3 Å². The lowest BCUT2D eigenvalue weighted by molar-refractivity contribution is 0.0696. The molecule has 1 heterocycles. The lowest BCUT2D eigenvalue weighted by atomic mass is 9.93. The molecule has 4 aromatic rings. The smallest absolute Gasteiger partial charge is 0.335 e. The summed E-state index contributed by atoms with van der Waals surface area (Å²) in [5.74, 6) is -0.473. The fourth-order valence-electron chi connectivity index (χ4n) is 3.48. The van der Waals surface area contributed by atoms with Crippen LogP contribution in [0.2, 0.25) is 5.02 Å². The molecule has 4 rings (SSSR count). The van der Waals surface area contributed by atoms with Gasteiger partial charge in [0, 0.05) is 34.8 Å². The van der Waals surface area contributed by atoms with Crippen LogP contribution >= 0.6 is 11.6 Å². The van der Waals surface area contributed by atoms with Gasteiger partial charge in [0.25, 0.3) is 0 Å². The van der Waals surface area contributed by atoms with Gasteiger partial charge in [-0.1, -0.05) is 23.7 Å². The summed E-state index contributed by atoms with van der Waals surface area (Å²) in [5.41, 5.74) is 3.12. The standard InChI is InChI=1S/C23H18ClN3O4/c1-25-23-26-11-18-16(12-4-3-5-14(24)8-12)10-17(21(31-2)20(18)27-23)15-7-6-13(22(29)30)9-19(15)28/h3-11,28H,1-2H3,(H,29,30)(H,25,26,27). The van der Waals surface area contributed by atoms with Crippen molar-refractivity contribution in [2.75, 3.05) is 19.5 Å². The van der Waals surface area contributed by atoms with E-state index in [-0.39, 0.29) is 11.3 Å². The summed E-state index contributed by atoms with van der Waals surface area (Å²) in [6.07, 6.45) is 1.70. The van der Waals surface area contributed by atoms with Crippen molar-refractivity contribution in [1.82, 2.24) is 9.97 Å². The van der Waals surface area contributed by atoms with Gasteiger partial charge >= 0.3 is 5.97 Å². The third kappa shape index (κ3) is 3.71. The van der Waals surface area contributed by atoms with E-state index < -0.39 is 5.97 Å². The first kappa shape index (κ1) is 20.4. The minimum atomic E-state index is -1.13. The molecule has 0 amide bonds. The monoisotopic (exact) mass is 435 g/mol. The summed E-state index contributed by atoms with van der Waals surface area (Å²) in [7, 11) is 3.23. The summed E-state index contributed by atoms with van der Waals surface area (Å²) in [5, 5.41) is 24.1. The number of phenolic OH excluding ortho intramolecular Hbond substituents is 1. The number of rotatable bonds is 5. The van der Waals surface area contributed by atoms with Crippen LogP contribution in [0.1, 0.15) is 10.4 Å². The van der Waals surface area contributed by atoms with Crippen molar-refractivity contribution in [3.05, 3.63) is 65.3 Å². The van der Waals surface area contributed by atoms with Gasteiger partial charge in [0.05, 0.1) is 12.7 Å². The third-order valence-electron chi connectivity index (χ3n) is 4.93. The minimum absolute atomic E-state index is 0.0177. The van der Waals surface area contributed by atoms with Gasteiger partial charge in [0.15, 0.2) is 5.75 Å². The number of fused-ring (bicyclic) bond motifs is 1. The van der Waals surface area contributed by atoms with Gasteiger partial charge in [-0.25, -0.2) is 14.8 Å². The molecule has 8 heteroatoms. The van der Waals surface area contributed by atoms with Gasteiger partial charge in [-0.15, -0.1) is 0 Å². The van der Waals surface area contributed by atoms with Crippen LogP contribution < -0.4 is 10.1 Å². The van der Waals surface area contributed by atoms with Gasteiger partial charge < -0.3 is 20.3 Å². The summed E-state index contributed by atoms with van der Waals surface area (Å²) >= 11 is 6.22. The van der Waals surface area contributed by atoms with E-state index in [9.17, 15) is 15.0 Å². The molecular formula is C23H18ClN3O4. The average molecular weight is 436 g/mol. The summed E-state index contributed by atoms with van der Waals surface area (Å²) in [6.45, 7) is 0. The lowest BCUT2D eigenvalue weighted by Gasteiger charge is -2.17. The normalized spacial score (nSPS) is 10.8. The molecule has 156 valence electrons. The number of nitrogens with zero attached hydrogens (tertiary/aromatic N) is 2. The van der Waals surface area contributed by atoms with Crippen LogP contribution in [0.4, 0.5) is 5.95 Å². The zero-order valence-electron chi connectivity index (χ0n) is 16.7. The molecule has 0 aliphatic heterocycles. The second-order valence-electron chi connectivity index (χ2n) is 6.76. The number of carboxylic acid groups (broad SMARTS) is 1. The minimum Gasteiger partial charge on any atom is -0.507 e. The molecule has 0 unspecified atom stereocenters. The Hall–Kier alpha value is -3.84. The number of halogens is 1. The highest BCUT2D eigenvalue weighted by Gasteiger charge is 2.20. The molecule has 0 bridgehead atoms. The summed E-state index contributed by atoms with van der Waals surface area (Å²) in [4.78, 5) is 20.2.